The fourth-order valence-corrected chi connectivity index (χ4v) is 4.40. The van der Waals surface area contributed by atoms with Crippen molar-refractivity contribution in [3.63, 3.8) is 0 Å². The quantitative estimate of drug-likeness (QED) is 0.385. The van der Waals surface area contributed by atoms with Gasteiger partial charge in [0.05, 0.1) is 18.2 Å². The average Bonchev–Trinajstić information content (AvgIpc) is 3.51. The summed E-state index contributed by atoms with van der Waals surface area (Å²) >= 11 is 5.66. The monoisotopic (exact) mass is 476 g/mol. The lowest BCUT2D eigenvalue weighted by Gasteiger charge is -2.36. The Morgan fingerprint density at radius 3 is 2.76 bits per heavy atom. The second-order valence-electron chi connectivity index (χ2n) is 7.77. The van der Waals surface area contributed by atoms with E-state index >= 15 is 0 Å². The number of thiocarbonyl (C=S) groups is 1. The minimum Gasteiger partial charge on any atom is -0.494 e. The lowest BCUT2D eigenvalue weighted by atomic mass is 9.94. The average molecular weight is 477 g/mol. The van der Waals surface area contributed by atoms with Crippen LogP contribution in [0.2, 0.25) is 0 Å². The smallest absolute Gasteiger partial charge is 0.258 e. The molecule has 0 saturated heterocycles. The van der Waals surface area contributed by atoms with Crippen LogP contribution in [0.5, 0.6) is 17.2 Å². The van der Waals surface area contributed by atoms with Crippen LogP contribution in [-0.2, 0) is 0 Å². The first kappa shape index (κ1) is 22.0. The summed E-state index contributed by atoms with van der Waals surface area (Å²) in [7, 11) is 0. The third kappa shape index (κ3) is 3.99. The molecule has 0 amide bonds. The Balaban J connectivity index is 1.55. The Kier molecular flexibility index (Phi) is 5.93. The Morgan fingerprint density at radius 2 is 2.00 bits per heavy atom. The molecule has 2 aliphatic rings. The first-order chi connectivity index (χ1) is 16.6. The van der Waals surface area contributed by atoms with E-state index in [-0.39, 0.29) is 12.8 Å². The van der Waals surface area contributed by atoms with Gasteiger partial charge in [0.2, 0.25) is 12.6 Å². The van der Waals surface area contributed by atoms with Crippen molar-refractivity contribution >= 4 is 22.9 Å². The Bertz CT molecular complexity index is 1270. The minimum absolute atomic E-state index is 0.205. The van der Waals surface area contributed by atoms with Crippen LogP contribution in [-0.4, -0.2) is 40.1 Å². The van der Waals surface area contributed by atoms with Gasteiger partial charge in [-0.2, -0.15) is 4.98 Å². The van der Waals surface area contributed by atoms with Crippen LogP contribution in [0.3, 0.4) is 0 Å². The SMILES string of the molecule is C=CCN1C(=S)NC(c2ccc(OCC)cc2)C(c2nc(-c3ccc4c(c3)OCO4)no2)=C1C. The van der Waals surface area contributed by atoms with Gasteiger partial charge in [0.1, 0.15) is 5.75 Å². The number of fused-ring (bicyclic) bond motifs is 1. The molecule has 9 heteroatoms. The predicted octanol–water partition coefficient (Wildman–Crippen LogP) is 4.71. The molecule has 0 bridgehead atoms. The number of nitrogens with zero attached hydrogens (tertiary/aromatic N) is 3. The zero-order valence-corrected chi connectivity index (χ0v) is 19.7. The standard InChI is InChI=1S/C25H24N4O4S/c1-4-12-29-15(3)21(22(26-25(29)34)16-6-9-18(10-7-16)30-5-2)24-27-23(28-33-24)17-8-11-19-20(13-17)32-14-31-19/h4,6-11,13,22H,1,5,12,14H2,2-3H3,(H,26,34). The molecule has 1 aromatic heterocycles. The summed E-state index contributed by atoms with van der Waals surface area (Å²) in [6.07, 6.45) is 1.80. The molecule has 1 atom stereocenters. The zero-order chi connectivity index (χ0) is 23.7. The highest BCUT2D eigenvalue weighted by Gasteiger charge is 2.33. The number of aromatic nitrogens is 2. The summed E-state index contributed by atoms with van der Waals surface area (Å²) in [5.74, 6) is 3.04. The molecule has 0 spiro atoms. The lowest BCUT2D eigenvalue weighted by Crippen LogP contribution is -2.45. The van der Waals surface area contributed by atoms with Crippen LogP contribution in [0.4, 0.5) is 0 Å². The maximum atomic E-state index is 5.77. The van der Waals surface area contributed by atoms with Crippen LogP contribution in [0.25, 0.3) is 17.0 Å². The zero-order valence-electron chi connectivity index (χ0n) is 18.9. The maximum absolute atomic E-state index is 5.77. The van der Waals surface area contributed by atoms with E-state index in [1.807, 2.05) is 61.2 Å². The molecule has 3 heterocycles. The van der Waals surface area contributed by atoms with Crippen molar-refractivity contribution in [2.24, 2.45) is 0 Å². The van der Waals surface area contributed by atoms with Crippen LogP contribution in [0, 0.1) is 0 Å². The number of ether oxygens (including phenoxy) is 3. The lowest BCUT2D eigenvalue weighted by molar-refractivity contribution is 0.174. The second kappa shape index (κ2) is 9.18. The molecule has 0 radical (unpaired) electrons. The van der Waals surface area contributed by atoms with E-state index < -0.39 is 0 Å². The van der Waals surface area contributed by atoms with E-state index in [9.17, 15) is 0 Å². The Hall–Kier alpha value is -3.85. The normalized spacial score (nSPS) is 17.1. The van der Waals surface area contributed by atoms with Gasteiger partial charge in [0.15, 0.2) is 16.6 Å². The number of hydrogen-bond donors (Lipinski definition) is 1. The number of allylic oxidation sites excluding steroid dienone is 1. The molecule has 8 nitrogen and oxygen atoms in total. The van der Waals surface area contributed by atoms with E-state index in [1.54, 1.807) is 6.08 Å². The summed E-state index contributed by atoms with van der Waals surface area (Å²) < 4.78 is 22.3. The first-order valence-corrected chi connectivity index (χ1v) is 11.4. The molecule has 5 rings (SSSR count). The van der Waals surface area contributed by atoms with Gasteiger partial charge in [-0.15, -0.1) is 6.58 Å². The van der Waals surface area contributed by atoms with Crippen LogP contribution in [0.1, 0.15) is 31.3 Å². The number of hydrogen-bond acceptors (Lipinski definition) is 7. The summed E-state index contributed by atoms with van der Waals surface area (Å²) in [6.45, 7) is 9.18. The van der Waals surface area contributed by atoms with E-state index in [2.05, 4.69) is 17.1 Å². The van der Waals surface area contributed by atoms with Crippen molar-refractivity contribution in [2.45, 2.75) is 19.9 Å². The van der Waals surface area contributed by atoms with Gasteiger partial charge in [0, 0.05) is 17.8 Å². The highest BCUT2D eigenvalue weighted by molar-refractivity contribution is 7.80. The molecule has 2 aromatic carbocycles. The summed E-state index contributed by atoms with van der Waals surface area (Å²) in [5, 5.41) is 8.28. The Labute approximate surface area is 202 Å². The number of rotatable bonds is 7. The van der Waals surface area contributed by atoms with E-state index in [4.69, 9.17) is 35.9 Å². The van der Waals surface area contributed by atoms with Crippen molar-refractivity contribution < 1.29 is 18.7 Å². The van der Waals surface area contributed by atoms with Gasteiger partial charge >= 0.3 is 0 Å². The third-order valence-electron chi connectivity index (χ3n) is 5.72. The minimum atomic E-state index is -0.269. The molecular weight excluding hydrogens is 452 g/mol. The van der Waals surface area contributed by atoms with Gasteiger partial charge in [-0.3, -0.25) is 0 Å². The third-order valence-corrected chi connectivity index (χ3v) is 6.06. The van der Waals surface area contributed by atoms with Crippen LogP contribution < -0.4 is 19.5 Å². The molecular formula is C25H24N4O4S. The van der Waals surface area contributed by atoms with Crippen LogP contribution >= 0.6 is 12.2 Å². The molecule has 2 aliphatic heterocycles. The molecule has 1 unspecified atom stereocenters. The van der Waals surface area contributed by atoms with E-state index in [0.717, 1.165) is 28.1 Å². The van der Waals surface area contributed by atoms with Gasteiger partial charge in [0.25, 0.3) is 5.89 Å². The fourth-order valence-electron chi connectivity index (χ4n) is 4.07. The summed E-state index contributed by atoms with van der Waals surface area (Å²) in [5.41, 5.74) is 3.54. The van der Waals surface area contributed by atoms with Gasteiger partial charge in [-0.05, 0) is 62.0 Å². The van der Waals surface area contributed by atoms with Crippen molar-refractivity contribution in [3.05, 3.63) is 72.3 Å². The molecule has 174 valence electrons. The van der Waals surface area contributed by atoms with E-state index in [0.29, 0.717) is 41.5 Å². The van der Waals surface area contributed by atoms with Gasteiger partial charge in [-0.25, -0.2) is 0 Å². The molecule has 1 N–H and O–H groups in total. The van der Waals surface area contributed by atoms with Gasteiger partial charge < -0.3 is 29.0 Å². The van der Waals surface area contributed by atoms with Crippen molar-refractivity contribution in [1.29, 1.82) is 0 Å². The molecule has 0 saturated carbocycles. The molecule has 34 heavy (non-hydrogen) atoms. The fraction of sp³-hybridized carbons (Fsp3) is 0.240. The van der Waals surface area contributed by atoms with Crippen molar-refractivity contribution in [1.82, 2.24) is 20.4 Å². The van der Waals surface area contributed by atoms with E-state index in [1.165, 1.54) is 0 Å². The largest absolute Gasteiger partial charge is 0.494 e. The van der Waals surface area contributed by atoms with Crippen molar-refractivity contribution in [2.75, 3.05) is 19.9 Å². The number of benzene rings is 2. The molecule has 0 aliphatic carbocycles. The highest BCUT2D eigenvalue weighted by Crippen LogP contribution is 2.39. The maximum Gasteiger partial charge on any atom is 0.258 e. The molecule has 3 aromatic rings. The topological polar surface area (TPSA) is 81.9 Å². The van der Waals surface area contributed by atoms with Gasteiger partial charge in [-0.1, -0.05) is 23.4 Å². The first-order valence-electron chi connectivity index (χ1n) is 11.0. The molecule has 0 fully saturated rings. The number of nitrogens with one attached hydrogen (secondary N) is 1. The summed E-state index contributed by atoms with van der Waals surface area (Å²) in [6, 6.07) is 13.2. The van der Waals surface area contributed by atoms with Crippen molar-refractivity contribution in [3.8, 4) is 28.6 Å². The summed E-state index contributed by atoms with van der Waals surface area (Å²) in [4.78, 5) is 6.70. The van der Waals surface area contributed by atoms with Crippen LogP contribution in [0.15, 0.2) is 65.3 Å². The highest BCUT2D eigenvalue weighted by atomic mass is 32.1. The second-order valence-corrected chi connectivity index (χ2v) is 8.16. The Morgan fingerprint density at radius 1 is 1.21 bits per heavy atom. The predicted molar refractivity (Wildman–Crippen MR) is 131 cm³/mol.